The number of aromatic nitrogens is 4. The summed E-state index contributed by atoms with van der Waals surface area (Å²) in [6.45, 7) is 1.21. The van der Waals surface area contributed by atoms with Gasteiger partial charge in [-0.1, -0.05) is 6.07 Å². The molecule has 0 bridgehead atoms. The van der Waals surface area contributed by atoms with E-state index in [2.05, 4.69) is 20.8 Å². The van der Waals surface area contributed by atoms with Crippen LogP contribution in [-0.4, -0.2) is 50.0 Å². The van der Waals surface area contributed by atoms with Crippen LogP contribution in [0.1, 0.15) is 22.5 Å². The van der Waals surface area contributed by atoms with Gasteiger partial charge in [0, 0.05) is 24.7 Å². The van der Waals surface area contributed by atoms with Gasteiger partial charge in [0.05, 0.1) is 10.6 Å². The SMILES string of the molecule is O=C(Nc1ccc(-n2cnnn2)cc1)C1CCN(C(=O)c2cccs2)CC1. The smallest absolute Gasteiger partial charge is 0.263 e. The van der Waals surface area contributed by atoms with Crippen molar-refractivity contribution in [1.82, 2.24) is 25.1 Å². The van der Waals surface area contributed by atoms with Crippen molar-refractivity contribution in [2.45, 2.75) is 12.8 Å². The van der Waals surface area contributed by atoms with E-state index in [1.807, 2.05) is 46.7 Å². The van der Waals surface area contributed by atoms with Crippen LogP contribution in [0.2, 0.25) is 0 Å². The first-order valence-corrected chi connectivity index (χ1v) is 9.56. The second-order valence-corrected chi connectivity index (χ2v) is 7.28. The van der Waals surface area contributed by atoms with Gasteiger partial charge in [0.25, 0.3) is 5.91 Å². The fraction of sp³-hybridized carbons (Fsp3) is 0.278. The Hall–Kier alpha value is -3.07. The maximum Gasteiger partial charge on any atom is 0.263 e. The van der Waals surface area contributed by atoms with E-state index in [4.69, 9.17) is 0 Å². The molecule has 0 spiro atoms. The van der Waals surface area contributed by atoms with Crippen LogP contribution in [0.4, 0.5) is 5.69 Å². The third-order valence-electron chi connectivity index (χ3n) is 4.63. The van der Waals surface area contributed by atoms with Crippen LogP contribution in [0.25, 0.3) is 5.69 Å². The minimum atomic E-state index is -0.0865. The molecule has 27 heavy (non-hydrogen) atoms. The molecule has 0 aliphatic carbocycles. The highest BCUT2D eigenvalue weighted by Gasteiger charge is 2.28. The number of likely N-dealkylation sites (tertiary alicyclic amines) is 1. The number of carbonyl (C=O) groups is 2. The average molecular weight is 382 g/mol. The lowest BCUT2D eigenvalue weighted by Gasteiger charge is -2.31. The standard InChI is InChI=1S/C18H18N6O2S/c25-17(20-14-3-5-15(6-4-14)24-12-19-21-22-24)13-7-9-23(10-8-13)18(26)16-2-1-11-27-16/h1-6,11-13H,7-10H2,(H,20,25). The van der Waals surface area contributed by atoms with Crippen LogP contribution in [0, 0.1) is 5.92 Å². The normalized spacial score (nSPS) is 14.9. The molecule has 138 valence electrons. The number of piperidine rings is 1. The van der Waals surface area contributed by atoms with Gasteiger partial charge >= 0.3 is 0 Å². The number of anilines is 1. The first-order valence-electron chi connectivity index (χ1n) is 8.68. The fourth-order valence-corrected chi connectivity index (χ4v) is 3.81. The molecule has 1 aromatic carbocycles. The highest BCUT2D eigenvalue weighted by molar-refractivity contribution is 7.12. The van der Waals surface area contributed by atoms with Gasteiger partial charge in [-0.15, -0.1) is 16.4 Å². The zero-order valence-corrected chi connectivity index (χ0v) is 15.3. The number of nitrogens with one attached hydrogen (secondary N) is 1. The van der Waals surface area contributed by atoms with Crippen LogP contribution in [0.3, 0.4) is 0 Å². The highest BCUT2D eigenvalue weighted by atomic mass is 32.1. The number of thiophene rings is 1. The first kappa shape index (κ1) is 17.3. The molecule has 2 amide bonds. The van der Waals surface area contributed by atoms with Gasteiger partial charge in [-0.2, -0.15) is 0 Å². The summed E-state index contributed by atoms with van der Waals surface area (Å²) in [7, 11) is 0. The van der Waals surface area contributed by atoms with Crippen molar-refractivity contribution >= 4 is 28.8 Å². The second kappa shape index (κ2) is 7.67. The topological polar surface area (TPSA) is 93.0 Å². The zero-order valence-electron chi connectivity index (χ0n) is 14.5. The lowest BCUT2D eigenvalue weighted by atomic mass is 9.95. The number of amides is 2. The van der Waals surface area contributed by atoms with Crippen molar-refractivity contribution in [2.75, 3.05) is 18.4 Å². The van der Waals surface area contributed by atoms with E-state index >= 15 is 0 Å². The van der Waals surface area contributed by atoms with Crippen LogP contribution in [0.5, 0.6) is 0 Å². The summed E-state index contributed by atoms with van der Waals surface area (Å²) in [6.07, 6.45) is 2.86. The molecule has 0 unspecified atom stereocenters. The van der Waals surface area contributed by atoms with E-state index in [0.717, 1.165) is 16.3 Å². The van der Waals surface area contributed by atoms with E-state index in [-0.39, 0.29) is 17.7 Å². The van der Waals surface area contributed by atoms with E-state index < -0.39 is 0 Å². The Morgan fingerprint density at radius 1 is 1.11 bits per heavy atom. The maximum atomic E-state index is 12.5. The molecule has 3 aromatic rings. The number of hydrogen-bond acceptors (Lipinski definition) is 6. The first-order chi connectivity index (χ1) is 13.2. The summed E-state index contributed by atoms with van der Waals surface area (Å²) in [4.78, 5) is 27.5. The van der Waals surface area contributed by atoms with Gasteiger partial charge in [-0.25, -0.2) is 4.68 Å². The third kappa shape index (κ3) is 3.87. The Labute approximate surface area is 159 Å². The van der Waals surface area contributed by atoms with Gasteiger partial charge in [-0.05, 0) is 59.0 Å². The molecular formula is C18H18N6O2S. The minimum Gasteiger partial charge on any atom is -0.338 e. The van der Waals surface area contributed by atoms with E-state index in [9.17, 15) is 9.59 Å². The number of tetrazole rings is 1. The molecule has 0 radical (unpaired) electrons. The largest absolute Gasteiger partial charge is 0.338 e. The Morgan fingerprint density at radius 2 is 1.89 bits per heavy atom. The predicted octanol–water partition coefficient (Wildman–Crippen LogP) is 2.21. The second-order valence-electron chi connectivity index (χ2n) is 6.33. The molecule has 0 saturated carbocycles. The minimum absolute atomic E-state index is 0.00612. The van der Waals surface area contributed by atoms with Crippen molar-refractivity contribution in [1.29, 1.82) is 0 Å². The van der Waals surface area contributed by atoms with Crippen molar-refractivity contribution in [2.24, 2.45) is 5.92 Å². The van der Waals surface area contributed by atoms with Crippen molar-refractivity contribution in [3.05, 3.63) is 53.0 Å². The van der Waals surface area contributed by atoms with E-state index in [1.165, 1.54) is 17.7 Å². The summed E-state index contributed by atoms with van der Waals surface area (Å²) in [5.41, 5.74) is 1.55. The average Bonchev–Trinajstić information content (AvgIpc) is 3.42. The number of benzene rings is 1. The number of carbonyl (C=O) groups excluding carboxylic acids is 2. The van der Waals surface area contributed by atoms with Gasteiger partial charge < -0.3 is 10.2 Å². The van der Waals surface area contributed by atoms with Crippen LogP contribution < -0.4 is 5.32 Å². The Kier molecular flexibility index (Phi) is 4.93. The summed E-state index contributed by atoms with van der Waals surface area (Å²) in [5.74, 6) is -0.0352. The molecule has 2 aromatic heterocycles. The van der Waals surface area contributed by atoms with E-state index in [1.54, 1.807) is 4.68 Å². The summed E-state index contributed by atoms with van der Waals surface area (Å²) in [5, 5.41) is 15.9. The molecule has 8 nitrogen and oxygen atoms in total. The monoisotopic (exact) mass is 382 g/mol. The Balaban J connectivity index is 1.31. The highest BCUT2D eigenvalue weighted by Crippen LogP contribution is 2.22. The molecule has 9 heteroatoms. The molecule has 0 atom stereocenters. The van der Waals surface area contributed by atoms with Crippen molar-refractivity contribution < 1.29 is 9.59 Å². The lowest BCUT2D eigenvalue weighted by Crippen LogP contribution is -2.41. The number of nitrogens with zero attached hydrogens (tertiary/aromatic N) is 5. The van der Waals surface area contributed by atoms with Crippen LogP contribution in [-0.2, 0) is 4.79 Å². The Bertz CT molecular complexity index is 900. The molecule has 1 aliphatic rings. The Morgan fingerprint density at radius 3 is 2.52 bits per heavy atom. The lowest BCUT2D eigenvalue weighted by molar-refractivity contribution is -0.121. The molecule has 3 heterocycles. The molecule has 1 saturated heterocycles. The van der Waals surface area contributed by atoms with Gasteiger partial charge in [-0.3, -0.25) is 9.59 Å². The van der Waals surface area contributed by atoms with Gasteiger partial charge in [0.15, 0.2) is 0 Å². The quantitative estimate of drug-likeness (QED) is 0.747. The van der Waals surface area contributed by atoms with Gasteiger partial charge in [0.2, 0.25) is 5.91 Å². The summed E-state index contributed by atoms with van der Waals surface area (Å²) < 4.78 is 1.55. The number of rotatable bonds is 4. The van der Waals surface area contributed by atoms with Crippen molar-refractivity contribution in [3.8, 4) is 5.69 Å². The van der Waals surface area contributed by atoms with Crippen LogP contribution >= 0.6 is 11.3 Å². The van der Waals surface area contributed by atoms with Crippen LogP contribution in [0.15, 0.2) is 48.1 Å². The summed E-state index contributed by atoms with van der Waals surface area (Å²) in [6, 6.07) is 11.0. The molecule has 1 N–H and O–H groups in total. The van der Waals surface area contributed by atoms with Crippen molar-refractivity contribution in [3.63, 3.8) is 0 Å². The predicted molar refractivity (Wildman–Crippen MR) is 101 cm³/mol. The third-order valence-corrected chi connectivity index (χ3v) is 5.49. The maximum absolute atomic E-state index is 12.5. The molecule has 4 rings (SSSR count). The molecular weight excluding hydrogens is 364 g/mol. The fourth-order valence-electron chi connectivity index (χ4n) is 3.12. The van der Waals surface area contributed by atoms with Gasteiger partial charge in [0.1, 0.15) is 6.33 Å². The van der Waals surface area contributed by atoms with E-state index in [0.29, 0.717) is 25.9 Å². The summed E-state index contributed by atoms with van der Waals surface area (Å²) >= 11 is 1.45. The molecule has 1 aliphatic heterocycles. The molecule has 1 fully saturated rings. The zero-order chi connectivity index (χ0) is 18.6. The number of hydrogen-bond donors (Lipinski definition) is 1.